The molecule has 28 heavy (non-hydrogen) atoms. The van der Waals surface area contributed by atoms with Gasteiger partial charge in [0.25, 0.3) is 5.91 Å². The van der Waals surface area contributed by atoms with Crippen molar-refractivity contribution < 1.29 is 9.53 Å². The summed E-state index contributed by atoms with van der Waals surface area (Å²) in [4.78, 5) is 13.1. The Hall–Kier alpha value is -2.78. The summed E-state index contributed by atoms with van der Waals surface area (Å²) < 4.78 is 5.93. The molecule has 4 heteroatoms. The van der Waals surface area contributed by atoms with Crippen LogP contribution in [0.15, 0.2) is 66.7 Å². The van der Waals surface area contributed by atoms with Crippen LogP contribution in [0.3, 0.4) is 0 Å². The molecule has 0 saturated heterocycles. The van der Waals surface area contributed by atoms with Gasteiger partial charge >= 0.3 is 0 Å². The zero-order valence-electron chi connectivity index (χ0n) is 16.2. The Morgan fingerprint density at radius 1 is 0.929 bits per heavy atom. The molecule has 144 valence electrons. The Bertz CT molecular complexity index is 932. The molecule has 1 amide bonds. The number of halogens is 1. The molecule has 0 aliphatic carbocycles. The summed E-state index contributed by atoms with van der Waals surface area (Å²) in [5.41, 5.74) is 4.57. The third-order valence-corrected chi connectivity index (χ3v) is 4.90. The Morgan fingerprint density at radius 2 is 1.61 bits per heavy atom. The molecule has 0 aromatic heterocycles. The summed E-state index contributed by atoms with van der Waals surface area (Å²) in [7, 11) is 0. The number of aryl methyl sites for hydroxylation is 2. The number of ether oxygens (including phenoxy) is 1. The molecule has 0 bridgehead atoms. The first-order valence-electron chi connectivity index (χ1n) is 9.50. The number of nitrogens with one attached hydrogen (secondary N) is 1. The summed E-state index contributed by atoms with van der Waals surface area (Å²) in [5, 5.41) is 3.58. The number of para-hydroxylation sites is 1. The lowest BCUT2D eigenvalue weighted by atomic mass is 10.0. The molecule has 0 unspecified atom stereocenters. The summed E-state index contributed by atoms with van der Waals surface area (Å²) >= 11 is 6.16. The molecule has 0 spiro atoms. The van der Waals surface area contributed by atoms with E-state index in [0.717, 1.165) is 35.2 Å². The van der Waals surface area contributed by atoms with Gasteiger partial charge < -0.3 is 10.1 Å². The van der Waals surface area contributed by atoms with E-state index in [4.69, 9.17) is 16.3 Å². The number of carbonyl (C=O) groups excluding carboxylic acids is 1. The maximum Gasteiger partial charge on any atom is 0.259 e. The number of anilines is 1. The van der Waals surface area contributed by atoms with Gasteiger partial charge in [-0.25, -0.2) is 0 Å². The van der Waals surface area contributed by atoms with Gasteiger partial charge in [0.15, 0.2) is 0 Å². The lowest BCUT2D eigenvalue weighted by molar-refractivity contribution is 0.102. The van der Waals surface area contributed by atoms with Gasteiger partial charge in [0.1, 0.15) is 12.4 Å². The van der Waals surface area contributed by atoms with Crippen LogP contribution in [0.1, 0.15) is 40.9 Å². The maximum atomic E-state index is 13.1. The van der Waals surface area contributed by atoms with Gasteiger partial charge in [-0.15, -0.1) is 0 Å². The summed E-state index contributed by atoms with van der Waals surface area (Å²) in [5.74, 6) is 0.291. The quantitative estimate of drug-likeness (QED) is 0.511. The molecule has 0 atom stereocenters. The highest BCUT2D eigenvalue weighted by Crippen LogP contribution is 2.28. The Kier molecular flexibility index (Phi) is 6.72. The van der Waals surface area contributed by atoms with Gasteiger partial charge in [-0.05, 0) is 47.7 Å². The first kappa shape index (κ1) is 20.0. The van der Waals surface area contributed by atoms with Crippen molar-refractivity contribution in [3.63, 3.8) is 0 Å². The SMILES string of the molecule is CCc1cccc(CC)c1NC(=O)c1cc(Cl)ccc1OCc1ccccc1. The van der Waals surface area contributed by atoms with Crippen LogP contribution >= 0.6 is 11.6 Å². The largest absolute Gasteiger partial charge is 0.488 e. The van der Waals surface area contributed by atoms with E-state index in [1.807, 2.05) is 48.5 Å². The zero-order chi connectivity index (χ0) is 19.9. The van der Waals surface area contributed by atoms with Crippen molar-refractivity contribution in [2.75, 3.05) is 5.32 Å². The van der Waals surface area contributed by atoms with Crippen molar-refractivity contribution in [2.45, 2.75) is 33.3 Å². The van der Waals surface area contributed by atoms with Gasteiger partial charge in [0.05, 0.1) is 5.56 Å². The molecular weight excluding hydrogens is 370 g/mol. The highest BCUT2D eigenvalue weighted by atomic mass is 35.5. The van der Waals surface area contributed by atoms with Crippen molar-refractivity contribution in [2.24, 2.45) is 0 Å². The molecule has 0 aliphatic rings. The van der Waals surface area contributed by atoms with E-state index in [1.54, 1.807) is 18.2 Å². The topological polar surface area (TPSA) is 38.3 Å². The Morgan fingerprint density at radius 3 is 2.25 bits per heavy atom. The van der Waals surface area contributed by atoms with E-state index >= 15 is 0 Å². The predicted molar refractivity (Wildman–Crippen MR) is 115 cm³/mol. The van der Waals surface area contributed by atoms with Crippen LogP contribution in [0, 0.1) is 0 Å². The maximum absolute atomic E-state index is 13.1. The van der Waals surface area contributed by atoms with Gasteiger partial charge in [-0.1, -0.05) is 74.0 Å². The highest BCUT2D eigenvalue weighted by molar-refractivity contribution is 6.31. The number of amides is 1. The second kappa shape index (κ2) is 9.43. The third-order valence-electron chi connectivity index (χ3n) is 4.66. The van der Waals surface area contributed by atoms with Crippen molar-refractivity contribution in [1.82, 2.24) is 0 Å². The first-order valence-corrected chi connectivity index (χ1v) is 9.88. The molecular formula is C24H24ClNO2. The second-order valence-electron chi connectivity index (χ2n) is 6.53. The van der Waals surface area contributed by atoms with E-state index in [0.29, 0.717) is 22.9 Å². The molecule has 0 radical (unpaired) electrons. The van der Waals surface area contributed by atoms with Gasteiger partial charge in [-0.2, -0.15) is 0 Å². The van der Waals surface area contributed by atoms with Crippen LogP contribution in [0.25, 0.3) is 0 Å². The van der Waals surface area contributed by atoms with E-state index in [9.17, 15) is 4.79 Å². The third kappa shape index (κ3) is 4.73. The fourth-order valence-corrected chi connectivity index (χ4v) is 3.30. The lowest BCUT2D eigenvalue weighted by Crippen LogP contribution is -2.16. The standard InChI is InChI=1S/C24H24ClNO2/c1-3-18-11-8-12-19(4-2)23(18)26-24(27)21-15-20(25)13-14-22(21)28-16-17-9-6-5-7-10-17/h5-15H,3-4,16H2,1-2H3,(H,26,27). The van der Waals surface area contributed by atoms with Crippen LogP contribution in [-0.2, 0) is 19.4 Å². The van der Waals surface area contributed by atoms with Crippen molar-refractivity contribution in [1.29, 1.82) is 0 Å². The van der Waals surface area contributed by atoms with Crippen LogP contribution < -0.4 is 10.1 Å². The Balaban J connectivity index is 1.87. The summed E-state index contributed by atoms with van der Waals surface area (Å²) in [6, 6.07) is 21.1. The van der Waals surface area contributed by atoms with E-state index in [2.05, 4.69) is 19.2 Å². The van der Waals surface area contributed by atoms with Crippen molar-refractivity contribution in [3.05, 3.63) is 94.0 Å². The van der Waals surface area contributed by atoms with Crippen LogP contribution in [0.2, 0.25) is 5.02 Å². The van der Waals surface area contributed by atoms with E-state index < -0.39 is 0 Å². The molecule has 0 fully saturated rings. The van der Waals surface area contributed by atoms with Crippen LogP contribution in [-0.4, -0.2) is 5.91 Å². The fourth-order valence-electron chi connectivity index (χ4n) is 3.12. The predicted octanol–water partition coefficient (Wildman–Crippen LogP) is 6.30. The molecule has 3 aromatic carbocycles. The molecule has 0 aliphatic heterocycles. The average molecular weight is 394 g/mol. The zero-order valence-corrected chi connectivity index (χ0v) is 16.9. The molecule has 0 saturated carbocycles. The van der Waals surface area contributed by atoms with E-state index in [1.165, 1.54) is 0 Å². The number of carbonyl (C=O) groups is 1. The van der Waals surface area contributed by atoms with Gasteiger partial charge in [0.2, 0.25) is 0 Å². The monoisotopic (exact) mass is 393 g/mol. The minimum atomic E-state index is -0.221. The molecule has 1 N–H and O–H groups in total. The van der Waals surface area contributed by atoms with E-state index in [-0.39, 0.29) is 5.91 Å². The van der Waals surface area contributed by atoms with Gasteiger partial charge in [0, 0.05) is 10.7 Å². The fraction of sp³-hybridized carbons (Fsp3) is 0.208. The summed E-state index contributed by atoms with van der Waals surface area (Å²) in [6.45, 7) is 4.55. The lowest BCUT2D eigenvalue weighted by Gasteiger charge is -2.16. The molecule has 0 heterocycles. The average Bonchev–Trinajstić information content (AvgIpc) is 2.73. The number of rotatable bonds is 7. The molecule has 3 aromatic rings. The normalized spacial score (nSPS) is 10.5. The van der Waals surface area contributed by atoms with Crippen molar-refractivity contribution >= 4 is 23.2 Å². The van der Waals surface area contributed by atoms with Crippen LogP contribution in [0.4, 0.5) is 5.69 Å². The number of hydrogen-bond acceptors (Lipinski definition) is 2. The minimum absolute atomic E-state index is 0.221. The smallest absolute Gasteiger partial charge is 0.259 e. The minimum Gasteiger partial charge on any atom is -0.488 e. The number of hydrogen-bond donors (Lipinski definition) is 1. The Labute approximate surface area is 171 Å². The van der Waals surface area contributed by atoms with Crippen molar-refractivity contribution in [3.8, 4) is 5.75 Å². The number of benzene rings is 3. The summed E-state index contributed by atoms with van der Waals surface area (Å²) in [6.07, 6.45) is 1.69. The second-order valence-corrected chi connectivity index (χ2v) is 6.96. The highest BCUT2D eigenvalue weighted by Gasteiger charge is 2.17. The first-order chi connectivity index (χ1) is 13.6. The molecule has 3 nitrogen and oxygen atoms in total. The molecule has 3 rings (SSSR count). The van der Waals surface area contributed by atoms with Gasteiger partial charge in [-0.3, -0.25) is 4.79 Å². The van der Waals surface area contributed by atoms with Crippen LogP contribution in [0.5, 0.6) is 5.75 Å².